The van der Waals surface area contributed by atoms with Crippen molar-refractivity contribution in [3.63, 3.8) is 0 Å². The molecule has 0 atom stereocenters. The number of aliphatic hydroxyl groups excluding tert-OH is 1. The number of hydrogen-bond acceptors (Lipinski definition) is 3. The Morgan fingerprint density at radius 2 is 2.12 bits per heavy atom. The predicted molar refractivity (Wildman–Crippen MR) is 69.1 cm³/mol. The van der Waals surface area contributed by atoms with Crippen LogP contribution in [0.25, 0.3) is 0 Å². The highest BCUT2D eigenvalue weighted by Gasteiger charge is 2.02. The second-order valence-corrected chi connectivity index (χ2v) is 4.49. The van der Waals surface area contributed by atoms with Crippen LogP contribution in [0.5, 0.6) is 11.6 Å². The van der Waals surface area contributed by atoms with Crippen molar-refractivity contribution in [3.05, 3.63) is 52.1 Å². The molecule has 88 valence electrons. The Labute approximate surface area is 108 Å². The zero-order valence-corrected chi connectivity index (χ0v) is 10.9. The molecule has 0 saturated carbocycles. The largest absolute Gasteiger partial charge is 0.439 e. The van der Waals surface area contributed by atoms with Crippen molar-refractivity contribution in [2.75, 3.05) is 0 Å². The Morgan fingerprint density at radius 3 is 2.82 bits per heavy atom. The van der Waals surface area contributed by atoms with E-state index in [-0.39, 0.29) is 6.61 Å². The Kier molecular flexibility index (Phi) is 3.76. The van der Waals surface area contributed by atoms with Crippen LogP contribution in [0, 0.1) is 6.92 Å². The zero-order valence-electron chi connectivity index (χ0n) is 9.35. The highest BCUT2D eigenvalue weighted by Crippen LogP contribution is 2.25. The van der Waals surface area contributed by atoms with Crippen molar-refractivity contribution < 1.29 is 9.84 Å². The van der Waals surface area contributed by atoms with Crippen molar-refractivity contribution in [2.45, 2.75) is 13.5 Å². The van der Waals surface area contributed by atoms with Gasteiger partial charge in [-0.2, -0.15) is 0 Å². The molecule has 1 aromatic heterocycles. The maximum Gasteiger partial charge on any atom is 0.219 e. The molecule has 2 aromatic rings. The molecule has 3 nitrogen and oxygen atoms in total. The average Bonchev–Trinajstić information content (AvgIpc) is 2.34. The molecule has 0 spiro atoms. The molecule has 1 aromatic carbocycles. The lowest BCUT2D eigenvalue weighted by molar-refractivity contribution is 0.275. The van der Waals surface area contributed by atoms with Crippen LogP contribution >= 0.6 is 15.9 Å². The quantitative estimate of drug-likeness (QED) is 0.943. The van der Waals surface area contributed by atoms with Crippen LogP contribution in [0.15, 0.2) is 40.9 Å². The molecule has 0 amide bonds. The minimum atomic E-state index is -0.0867. The number of hydrogen-bond donors (Lipinski definition) is 1. The minimum Gasteiger partial charge on any atom is -0.439 e. The van der Waals surface area contributed by atoms with Gasteiger partial charge in [0, 0.05) is 10.5 Å². The van der Waals surface area contributed by atoms with Gasteiger partial charge in [-0.25, -0.2) is 4.98 Å². The highest BCUT2D eigenvalue weighted by atomic mass is 79.9. The van der Waals surface area contributed by atoms with E-state index >= 15 is 0 Å². The first-order valence-corrected chi connectivity index (χ1v) is 5.99. The van der Waals surface area contributed by atoms with Gasteiger partial charge >= 0.3 is 0 Å². The van der Waals surface area contributed by atoms with Gasteiger partial charge in [0.05, 0.1) is 12.3 Å². The molecule has 17 heavy (non-hydrogen) atoms. The van der Waals surface area contributed by atoms with Gasteiger partial charge in [-0.05, 0) is 36.8 Å². The van der Waals surface area contributed by atoms with Crippen molar-refractivity contribution in [1.29, 1.82) is 0 Å². The number of halogens is 1. The van der Waals surface area contributed by atoms with Crippen LogP contribution in [0.1, 0.15) is 11.3 Å². The molecule has 1 heterocycles. The van der Waals surface area contributed by atoms with Crippen molar-refractivity contribution >= 4 is 15.9 Å². The predicted octanol–water partition coefficient (Wildman–Crippen LogP) is 3.44. The standard InChI is InChI=1S/C13H12BrNO2/c1-9-7-11(5-6-12(9)14)17-13-4-2-3-10(8-16)15-13/h2-7,16H,8H2,1H3. The van der Waals surface area contributed by atoms with Crippen LogP contribution in [-0.2, 0) is 6.61 Å². The van der Waals surface area contributed by atoms with Crippen LogP contribution in [-0.4, -0.2) is 10.1 Å². The van der Waals surface area contributed by atoms with E-state index in [0.29, 0.717) is 11.6 Å². The van der Waals surface area contributed by atoms with E-state index in [9.17, 15) is 0 Å². The first kappa shape index (κ1) is 12.1. The monoisotopic (exact) mass is 293 g/mol. The molecule has 0 aliphatic rings. The number of rotatable bonds is 3. The third-order valence-electron chi connectivity index (χ3n) is 2.30. The second-order valence-electron chi connectivity index (χ2n) is 3.64. The molecule has 0 bridgehead atoms. The number of benzene rings is 1. The van der Waals surface area contributed by atoms with Crippen LogP contribution < -0.4 is 4.74 Å². The Balaban J connectivity index is 2.22. The molecule has 0 radical (unpaired) electrons. The molecule has 4 heteroatoms. The Hall–Kier alpha value is -1.39. The first-order valence-electron chi connectivity index (χ1n) is 5.20. The van der Waals surface area contributed by atoms with Gasteiger partial charge in [0.2, 0.25) is 5.88 Å². The van der Waals surface area contributed by atoms with Gasteiger partial charge in [0.25, 0.3) is 0 Å². The molecule has 0 saturated heterocycles. The fourth-order valence-corrected chi connectivity index (χ4v) is 1.65. The number of aromatic nitrogens is 1. The molecule has 2 rings (SSSR count). The van der Waals surface area contributed by atoms with E-state index in [1.807, 2.05) is 25.1 Å². The lowest BCUT2D eigenvalue weighted by atomic mass is 10.2. The molecule has 0 unspecified atom stereocenters. The highest BCUT2D eigenvalue weighted by molar-refractivity contribution is 9.10. The molecule has 0 fully saturated rings. The number of aliphatic hydroxyl groups is 1. The summed E-state index contributed by atoms with van der Waals surface area (Å²) in [5.41, 5.74) is 1.69. The molecule has 0 aliphatic heterocycles. The lowest BCUT2D eigenvalue weighted by Gasteiger charge is -2.07. The van der Waals surface area contributed by atoms with E-state index in [1.165, 1.54) is 0 Å². The van der Waals surface area contributed by atoms with Crippen LogP contribution in [0.3, 0.4) is 0 Å². The van der Waals surface area contributed by atoms with E-state index in [1.54, 1.807) is 18.2 Å². The summed E-state index contributed by atoms with van der Waals surface area (Å²) >= 11 is 3.43. The molecule has 1 N–H and O–H groups in total. The maximum absolute atomic E-state index is 8.98. The summed E-state index contributed by atoms with van der Waals surface area (Å²) in [6.45, 7) is 1.91. The number of pyridine rings is 1. The van der Waals surface area contributed by atoms with Gasteiger partial charge in [0.15, 0.2) is 0 Å². The summed E-state index contributed by atoms with van der Waals surface area (Å²) < 4.78 is 6.66. The van der Waals surface area contributed by atoms with Gasteiger partial charge in [-0.3, -0.25) is 0 Å². The molecular formula is C13H12BrNO2. The topological polar surface area (TPSA) is 42.4 Å². The third kappa shape index (κ3) is 3.05. The van der Waals surface area contributed by atoms with Crippen molar-refractivity contribution in [1.82, 2.24) is 4.98 Å². The summed E-state index contributed by atoms with van der Waals surface area (Å²) in [6.07, 6.45) is 0. The van der Waals surface area contributed by atoms with Gasteiger partial charge in [-0.15, -0.1) is 0 Å². The van der Waals surface area contributed by atoms with Crippen LogP contribution in [0.2, 0.25) is 0 Å². The summed E-state index contributed by atoms with van der Waals surface area (Å²) in [5.74, 6) is 1.21. The van der Waals surface area contributed by atoms with E-state index in [2.05, 4.69) is 20.9 Å². The van der Waals surface area contributed by atoms with E-state index < -0.39 is 0 Å². The normalized spacial score (nSPS) is 10.3. The van der Waals surface area contributed by atoms with Gasteiger partial charge < -0.3 is 9.84 Å². The summed E-state index contributed by atoms with van der Waals surface area (Å²) in [5, 5.41) is 8.98. The Morgan fingerprint density at radius 1 is 1.29 bits per heavy atom. The SMILES string of the molecule is Cc1cc(Oc2cccc(CO)n2)ccc1Br. The molecular weight excluding hydrogens is 282 g/mol. The maximum atomic E-state index is 8.98. The minimum absolute atomic E-state index is 0.0867. The zero-order chi connectivity index (χ0) is 12.3. The van der Waals surface area contributed by atoms with Crippen molar-refractivity contribution in [2.24, 2.45) is 0 Å². The van der Waals surface area contributed by atoms with Crippen molar-refractivity contribution in [3.8, 4) is 11.6 Å². The number of ether oxygens (including phenoxy) is 1. The van der Waals surface area contributed by atoms with Gasteiger partial charge in [-0.1, -0.05) is 22.0 Å². The summed E-state index contributed by atoms with van der Waals surface area (Å²) in [7, 11) is 0. The van der Waals surface area contributed by atoms with E-state index in [4.69, 9.17) is 9.84 Å². The fourth-order valence-electron chi connectivity index (χ4n) is 1.40. The fraction of sp³-hybridized carbons (Fsp3) is 0.154. The number of aryl methyl sites for hydroxylation is 1. The Bertz CT molecular complexity index is 529. The van der Waals surface area contributed by atoms with Gasteiger partial charge in [0.1, 0.15) is 5.75 Å². The smallest absolute Gasteiger partial charge is 0.219 e. The summed E-state index contributed by atoms with van der Waals surface area (Å²) in [4.78, 5) is 4.15. The average molecular weight is 294 g/mol. The second kappa shape index (κ2) is 5.29. The summed E-state index contributed by atoms with van der Waals surface area (Å²) in [6, 6.07) is 11.0. The molecule has 0 aliphatic carbocycles. The van der Waals surface area contributed by atoms with Crippen LogP contribution in [0.4, 0.5) is 0 Å². The first-order chi connectivity index (χ1) is 8.19. The number of nitrogens with zero attached hydrogens (tertiary/aromatic N) is 1. The third-order valence-corrected chi connectivity index (χ3v) is 3.18. The van der Waals surface area contributed by atoms with E-state index in [0.717, 1.165) is 15.8 Å². The lowest BCUT2D eigenvalue weighted by Crippen LogP contribution is -1.93.